The zero-order valence-corrected chi connectivity index (χ0v) is 9.30. The van der Waals surface area contributed by atoms with Gasteiger partial charge in [0.05, 0.1) is 5.71 Å². The van der Waals surface area contributed by atoms with Gasteiger partial charge in [0.2, 0.25) is 0 Å². The molecule has 1 aromatic rings. The number of rotatable bonds is 2. The van der Waals surface area contributed by atoms with Crippen molar-refractivity contribution in [2.45, 2.75) is 25.4 Å². The molecule has 90 valence electrons. The predicted octanol–water partition coefficient (Wildman–Crippen LogP) is 0.993. The maximum Gasteiger partial charge on any atom is 0.164 e. The third kappa shape index (κ3) is 1.82. The van der Waals surface area contributed by atoms with Crippen molar-refractivity contribution < 1.29 is 15.3 Å². The molecule has 5 nitrogen and oxygen atoms in total. The Morgan fingerprint density at radius 1 is 1.41 bits per heavy atom. The summed E-state index contributed by atoms with van der Waals surface area (Å²) >= 11 is 0. The van der Waals surface area contributed by atoms with E-state index >= 15 is 0 Å². The highest BCUT2D eigenvalue weighted by Gasteiger charge is 2.38. The van der Waals surface area contributed by atoms with Gasteiger partial charge in [-0.1, -0.05) is 17.3 Å². The second-order valence-corrected chi connectivity index (χ2v) is 4.54. The van der Waals surface area contributed by atoms with Crippen molar-refractivity contribution in [1.29, 1.82) is 0 Å². The molecule has 0 aromatic heterocycles. The molecule has 1 aliphatic heterocycles. The molecule has 1 aromatic carbocycles. The molecule has 2 aliphatic rings. The number of hydrogen-bond acceptors (Lipinski definition) is 4. The Morgan fingerprint density at radius 2 is 2.29 bits per heavy atom. The summed E-state index contributed by atoms with van der Waals surface area (Å²) in [6.07, 6.45) is 3.50. The molecule has 0 amide bonds. The van der Waals surface area contributed by atoms with Gasteiger partial charge in [-0.15, -0.1) is 0 Å². The van der Waals surface area contributed by atoms with E-state index in [9.17, 15) is 5.21 Å². The maximum atomic E-state index is 10.9. The highest BCUT2D eigenvalue weighted by atomic mass is 16.8. The quantitative estimate of drug-likeness (QED) is 0.750. The predicted molar refractivity (Wildman–Crippen MR) is 61.0 cm³/mol. The lowest BCUT2D eigenvalue weighted by Crippen LogP contribution is -2.99. The molecule has 0 radical (unpaired) electrons. The molecule has 3 atom stereocenters. The third-order valence-electron chi connectivity index (χ3n) is 3.50. The molecule has 2 N–H and O–H groups in total. The van der Waals surface area contributed by atoms with Crippen LogP contribution in [0, 0.1) is 11.1 Å². The summed E-state index contributed by atoms with van der Waals surface area (Å²) in [5.74, 6) is 0.346. The van der Waals surface area contributed by atoms with Gasteiger partial charge >= 0.3 is 0 Å². The summed E-state index contributed by atoms with van der Waals surface area (Å²) in [7, 11) is 0. The van der Waals surface area contributed by atoms with Crippen molar-refractivity contribution in [3.8, 4) is 0 Å². The van der Waals surface area contributed by atoms with Gasteiger partial charge in [0.25, 0.3) is 0 Å². The minimum atomic E-state index is -0.908. The van der Waals surface area contributed by atoms with Gasteiger partial charge < -0.3 is 10.0 Å². The molecule has 1 aliphatic carbocycles. The highest BCUT2D eigenvalue weighted by Crippen LogP contribution is 2.36. The first kappa shape index (κ1) is 10.7. The van der Waals surface area contributed by atoms with E-state index in [2.05, 4.69) is 5.16 Å². The Labute approximate surface area is 98.8 Å². The van der Waals surface area contributed by atoms with Crippen LogP contribution in [0.1, 0.15) is 24.8 Å². The van der Waals surface area contributed by atoms with Crippen molar-refractivity contribution in [2.75, 3.05) is 0 Å². The molecule has 0 bridgehead atoms. The minimum Gasteiger partial charge on any atom is -0.595 e. The normalized spacial score (nSPS) is 28.5. The van der Waals surface area contributed by atoms with Gasteiger partial charge in [0.15, 0.2) is 5.69 Å². The molecular weight excluding hydrogens is 220 g/mol. The molecule has 1 fully saturated rings. The van der Waals surface area contributed by atoms with Gasteiger partial charge in [0, 0.05) is 23.6 Å². The zero-order chi connectivity index (χ0) is 11.8. The standard InChI is InChI=1S/C12H14N2O3/c15-14(16)9-4-1-3-8(7-9)12-10-5-2-6-11(10)17-13-12/h1,3-4,7,10-11,14-15H,2,5-6H2. The van der Waals surface area contributed by atoms with E-state index in [0.717, 1.165) is 30.5 Å². The summed E-state index contributed by atoms with van der Waals surface area (Å²) in [6.45, 7) is 0. The Morgan fingerprint density at radius 3 is 3.12 bits per heavy atom. The summed E-state index contributed by atoms with van der Waals surface area (Å²) < 4.78 is 0. The van der Waals surface area contributed by atoms with E-state index < -0.39 is 5.23 Å². The molecule has 0 spiro atoms. The van der Waals surface area contributed by atoms with Crippen LogP contribution in [-0.2, 0) is 4.84 Å². The lowest BCUT2D eigenvalue weighted by Gasteiger charge is -2.13. The van der Waals surface area contributed by atoms with Crippen LogP contribution in [0.15, 0.2) is 29.4 Å². The van der Waals surface area contributed by atoms with E-state index in [-0.39, 0.29) is 6.10 Å². The molecule has 17 heavy (non-hydrogen) atoms. The largest absolute Gasteiger partial charge is 0.595 e. The fourth-order valence-corrected chi connectivity index (χ4v) is 2.64. The topological polar surface area (TPSA) is 69.3 Å². The van der Waals surface area contributed by atoms with Crippen molar-refractivity contribution >= 4 is 11.4 Å². The van der Waals surface area contributed by atoms with Crippen LogP contribution in [0.5, 0.6) is 0 Å². The number of nitrogens with zero attached hydrogens (tertiary/aromatic N) is 1. The van der Waals surface area contributed by atoms with Gasteiger partial charge in [-0.25, -0.2) is 5.21 Å². The number of nitrogens with one attached hydrogen (secondary N) is 1. The van der Waals surface area contributed by atoms with Crippen LogP contribution in [0.2, 0.25) is 0 Å². The zero-order valence-electron chi connectivity index (χ0n) is 9.30. The molecule has 3 unspecified atom stereocenters. The number of benzene rings is 1. The maximum absolute atomic E-state index is 10.9. The smallest absolute Gasteiger partial charge is 0.164 e. The summed E-state index contributed by atoms with van der Waals surface area (Å²) in [5, 5.41) is 23.1. The number of fused-ring (bicyclic) bond motifs is 1. The van der Waals surface area contributed by atoms with Crippen LogP contribution in [-0.4, -0.2) is 17.0 Å². The van der Waals surface area contributed by atoms with Crippen LogP contribution in [0.4, 0.5) is 5.69 Å². The summed E-state index contributed by atoms with van der Waals surface area (Å²) in [4.78, 5) is 5.38. The molecule has 5 heteroatoms. The first-order valence-corrected chi connectivity index (χ1v) is 5.83. The Bertz CT molecular complexity index is 459. The van der Waals surface area contributed by atoms with E-state index in [0.29, 0.717) is 11.6 Å². The van der Waals surface area contributed by atoms with E-state index in [1.54, 1.807) is 18.2 Å². The van der Waals surface area contributed by atoms with Crippen LogP contribution < -0.4 is 5.23 Å². The van der Waals surface area contributed by atoms with E-state index in [4.69, 9.17) is 10.0 Å². The van der Waals surface area contributed by atoms with Crippen molar-refractivity contribution in [3.63, 3.8) is 0 Å². The van der Waals surface area contributed by atoms with Crippen molar-refractivity contribution in [3.05, 3.63) is 35.0 Å². The van der Waals surface area contributed by atoms with E-state index in [1.165, 1.54) is 0 Å². The molecular formula is C12H14N2O3. The average molecular weight is 234 g/mol. The monoisotopic (exact) mass is 234 g/mol. The first-order valence-electron chi connectivity index (χ1n) is 5.83. The Balaban J connectivity index is 1.91. The summed E-state index contributed by atoms with van der Waals surface area (Å²) in [6, 6.07) is 6.92. The average Bonchev–Trinajstić information content (AvgIpc) is 2.90. The number of hydrogen-bond donors (Lipinski definition) is 2. The van der Waals surface area contributed by atoms with Crippen molar-refractivity contribution in [2.24, 2.45) is 11.1 Å². The molecule has 1 saturated carbocycles. The minimum absolute atomic E-state index is 0.207. The summed E-state index contributed by atoms with van der Waals surface area (Å²) in [5.41, 5.74) is 2.08. The number of oxime groups is 1. The third-order valence-corrected chi connectivity index (χ3v) is 3.50. The van der Waals surface area contributed by atoms with Gasteiger partial charge in [-0.3, -0.25) is 0 Å². The molecule has 1 heterocycles. The SMILES string of the molecule is [O-][NH+](O)c1cccc(C2=NOC3CCCC23)c1. The van der Waals surface area contributed by atoms with Crippen LogP contribution in [0.25, 0.3) is 0 Å². The lowest BCUT2D eigenvalue weighted by molar-refractivity contribution is -0.991. The Hall–Kier alpha value is -1.43. The van der Waals surface area contributed by atoms with Crippen molar-refractivity contribution in [1.82, 2.24) is 0 Å². The highest BCUT2D eigenvalue weighted by molar-refractivity contribution is 6.03. The lowest BCUT2D eigenvalue weighted by atomic mass is 9.94. The van der Waals surface area contributed by atoms with Gasteiger partial charge in [-0.05, 0) is 19.3 Å². The second kappa shape index (κ2) is 4.10. The fraction of sp³-hybridized carbons (Fsp3) is 0.417. The van der Waals surface area contributed by atoms with Crippen LogP contribution in [0.3, 0.4) is 0 Å². The Kier molecular flexibility index (Phi) is 2.58. The molecule has 0 saturated heterocycles. The first-order chi connectivity index (χ1) is 8.25. The second-order valence-electron chi connectivity index (χ2n) is 4.54. The molecule has 3 rings (SSSR count). The van der Waals surface area contributed by atoms with Gasteiger partial charge in [-0.2, -0.15) is 5.23 Å². The number of quaternary nitrogens is 1. The fourth-order valence-electron chi connectivity index (χ4n) is 2.64. The van der Waals surface area contributed by atoms with E-state index in [1.807, 2.05) is 6.07 Å². The van der Waals surface area contributed by atoms with Gasteiger partial charge in [0.1, 0.15) is 6.10 Å². The van der Waals surface area contributed by atoms with Crippen LogP contribution >= 0.6 is 0 Å².